The second-order valence-corrected chi connectivity index (χ2v) is 6.13. The predicted octanol–water partition coefficient (Wildman–Crippen LogP) is 1.56. The van der Waals surface area contributed by atoms with E-state index in [0.29, 0.717) is 17.4 Å². The lowest BCUT2D eigenvalue weighted by molar-refractivity contribution is -0.140. The van der Waals surface area contributed by atoms with Crippen LogP contribution in [-0.4, -0.2) is 36.9 Å². The first kappa shape index (κ1) is 15.6. The number of carbonyl (C=O) groups excluding carboxylic acids is 2. The molecule has 2 amide bonds. The molecule has 8 heteroatoms. The number of carbonyl (C=O) groups is 2. The minimum atomic E-state index is -0.886. The number of tetrazole rings is 1. The Hall–Kier alpha value is -2.28. The Morgan fingerprint density at radius 1 is 1.26 bits per heavy atom. The molecule has 1 fully saturated rings. The normalized spacial score (nSPS) is 21.3. The zero-order valence-corrected chi connectivity index (χ0v) is 13.6. The van der Waals surface area contributed by atoms with E-state index >= 15 is 0 Å². The van der Waals surface area contributed by atoms with Gasteiger partial charge in [-0.15, -0.1) is 10.2 Å². The van der Waals surface area contributed by atoms with Crippen LogP contribution in [0.4, 0.5) is 0 Å². The molecular formula is C15H16ClN5O2. The summed E-state index contributed by atoms with van der Waals surface area (Å²) in [7, 11) is 0. The van der Waals surface area contributed by atoms with Crippen LogP contribution in [0.15, 0.2) is 24.3 Å². The van der Waals surface area contributed by atoms with Crippen molar-refractivity contribution in [3.63, 3.8) is 0 Å². The number of rotatable bonds is 4. The van der Waals surface area contributed by atoms with Gasteiger partial charge in [-0.2, -0.15) is 4.80 Å². The standard InChI is InChI=1S/C15H16ClN5O2/c1-3-21-18-12(17-19-21)9-20-13(22)8-15(2,14(20)23)10-4-6-11(16)7-5-10/h4-7H,3,8-9H2,1-2H3. The highest BCUT2D eigenvalue weighted by molar-refractivity contribution is 6.30. The number of hydrogen-bond acceptors (Lipinski definition) is 5. The zero-order chi connectivity index (χ0) is 16.6. The van der Waals surface area contributed by atoms with Gasteiger partial charge < -0.3 is 0 Å². The Kier molecular flexibility index (Phi) is 3.89. The number of likely N-dealkylation sites (tertiary alicyclic amines) is 1. The lowest BCUT2D eigenvalue weighted by Gasteiger charge is -2.22. The van der Waals surface area contributed by atoms with E-state index in [4.69, 9.17) is 11.6 Å². The summed E-state index contributed by atoms with van der Waals surface area (Å²) in [5, 5.41) is 12.4. The molecule has 0 radical (unpaired) electrons. The summed E-state index contributed by atoms with van der Waals surface area (Å²) in [6.45, 7) is 4.28. The number of imide groups is 1. The van der Waals surface area contributed by atoms with Crippen molar-refractivity contribution >= 4 is 23.4 Å². The molecule has 1 aromatic carbocycles. The Balaban J connectivity index is 1.85. The van der Waals surface area contributed by atoms with Crippen LogP contribution in [0, 0.1) is 0 Å². The van der Waals surface area contributed by atoms with Gasteiger partial charge in [0.2, 0.25) is 11.8 Å². The molecule has 1 unspecified atom stereocenters. The molecule has 2 aromatic rings. The summed E-state index contributed by atoms with van der Waals surface area (Å²) in [4.78, 5) is 27.7. The maximum atomic E-state index is 12.8. The molecular weight excluding hydrogens is 318 g/mol. The summed E-state index contributed by atoms with van der Waals surface area (Å²) < 4.78 is 0. The van der Waals surface area contributed by atoms with Gasteiger partial charge in [-0.25, -0.2) is 0 Å². The second-order valence-electron chi connectivity index (χ2n) is 5.69. The highest BCUT2D eigenvalue weighted by Crippen LogP contribution is 2.37. The average Bonchev–Trinajstić information content (AvgIpc) is 3.07. The van der Waals surface area contributed by atoms with E-state index in [1.165, 1.54) is 9.70 Å². The molecule has 0 aliphatic carbocycles. The number of benzene rings is 1. The van der Waals surface area contributed by atoms with Gasteiger partial charge in [0.05, 0.1) is 18.5 Å². The summed E-state index contributed by atoms with van der Waals surface area (Å²) in [6, 6.07) is 7.00. The van der Waals surface area contributed by atoms with E-state index in [-0.39, 0.29) is 24.8 Å². The molecule has 1 atom stereocenters. The Morgan fingerprint density at radius 3 is 2.57 bits per heavy atom. The van der Waals surface area contributed by atoms with Gasteiger partial charge >= 0.3 is 0 Å². The third kappa shape index (κ3) is 2.72. The Morgan fingerprint density at radius 2 is 1.96 bits per heavy atom. The van der Waals surface area contributed by atoms with Crippen LogP contribution >= 0.6 is 11.6 Å². The summed E-state index contributed by atoms with van der Waals surface area (Å²) in [5.74, 6) is -0.133. The van der Waals surface area contributed by atoms with Crippen LogP contribution in [0.1, 0.15) is 31.7 Å². The highest BCUT2D eigenvalue weighted by atomic mass is 35.5. The monoisotopic (exact) mass is 333 g/mol. The van der Waals surface area contributed by atoms with E-state index in [2.05, 4.69) is 15.4 Å². The third-order valence-electron chi connectivity index (χ3n) is 4.08. The van der Waals surface area contributed by atoms with Crippen molar-refractivity contribution in [1.82, 2.24) is 25.1 Å². The van der Waals surface area contributed by atoms with Crippen LogP contribution < -0.4 is 0 Å². The fourth-order valence-electron chi connectivity index (χ4n) is 2.70. The molecule has 120 valence electrons. The van der Waals surface area contributed by atoms with Gasteiger partial charge in [0.25, 0.3) is 0 Å². The van der Waals surface area contributed by atoms with Crippen molar-refractivity contribution in [3.8, 4) is 0 Å². The molecule has 0 N–H and O–H groups in total. The molecule has 0 saturated carbocycles. The first-order chi connectivity index (χ1) is 10.9. The molecule has 1 saturated heterocycles. The maximum Gasteiger partial charge on any atom is 0.240 e. The minimum absolute atomic E-state index is 0.0425. The average molecular weight is 334 g/mol. The van der Waals surface area contributed by atoms with Crippen LogP contribution in [0.5, 0.6) is 0 Å². The van der Waals surface area contributed by atoms with Gasteiger partial charge in [0.1, 0.15) is 0 Å². The number of amides is 2. The third-order valence-corrected chi connectivity index (χ3v) is 4.33. The summed E-state index contributed by atoms with van der Waals surface area (Å²) in [5.41, 5.74) is -0.115. The Labute approximate surface area is 138 Å². The second kappa shape index (κ2) is 5.73. The van der Waals surface area contributed by atoms with E-state index in [1.807, 2.05) is 6.92 Å². The Bertz CT molecular complexity index is 757. The van der Waals surface area contributed by atoms with Gasteiger partial charge in [-0.1, -0.05) is 23.7 Å². The van der Waals surface area contributed by atoms with E-state index in [9.17, 15) is 9.59 Å². The van der Waals surface area contributed by atoms with Crippen molar-refractivity contribution in [2.24, 2.45) is 0 Å². The predicted molar refractivity (Wildman–Crippen MR) is 82.5 cm³/mol. The van der Waals surface area contributed by atoms with Gasteiger partial charge in [0, 0.05) is 11.4 Å². The first-order valence-electron chi connectivity index (χ1n) is 7.31. The van der Waals surface area contributed by atoms with Crippen LogP contribution in [0.3, 0.4) is 0 Å². The van der Waals surface area contributed by atoms with Crippen LogP contribution in [0.2, 0.25) is 5.02 Å². The number of aryl methyl sites for hydroxylation is 1. The molecule has 1 aliphatic heterocycles. The fourth-order valence-corrected chi connectivity index (χ4v) is 2.83. The minimum Gasteiger partial charge on any atom is -0.274 e. The van der Waals surface area contributed by atoms with Crippen molar-refractivity contribution in [2.45, 2.75) is 38.8 Å². The van der Waals surface area contributed by atoms with Crippen molar-refractivity contribution in [2.75, 3.05) is 0 Å². The molecule has 0 spiro atoms. The highest BCUT2D eigenvalue weighted by Gasteiger charge is 2.49. The van der Waals surface area contributed by atoms with Gasteiger partial charge in [0.15, 0.2) is 5.82 Å². The molecule has 23 heavy (non-hydrogen) atoms. The van der Waals surface area contributed by atoms with Crippen molar-refractivity contribution in [1.29, 1.82) is 0 Å². The SMILES string of the molecule is CCn1nnc(CN2C(=O)CC(C)(c3ccc(Cl)cc3)C2=O)n1. The molecule has 2 heterocycles. The number of halogens is 1. The largest absolute Gasteiger partial charge is 0.274 e. The number of hydrogen-bond donors (Lipinski definition) is 0. The smallest absolute Gasteiger partial charge is 0.240 e. The number of nitrogens with zero attached hydrogens (tertiary/aromatic N) is 5. The fraction of sp³-hybridized carbons (Fsp3) is 0.400. The molecule has 3 rings (SSSR count). The maximum absolute atomic E-state index is 12.8. The van der Waals surface area contributed by atoms with Gasteiger partial charge in [-0.3, -0.25) is 14.5 Å². The summed E-state index contributed by atoms with van der Waals surface area (Å²) >= 11 is 5.89. The van der Waals surface area contributed by atoms with Gasteiger partial charge in [-0.05, 0) is 36.8 Å². The molecule has 0 bridgehead atoms. The van der Waals surface area contributed by atoms with E-state index in [1.54, 1.807) is 31.2 Å². The van der Waals surface area contributed by atoms with Crippen LogP contribution in [0.25, 0.3) is 0 Å². The molecule has 7 nitrogen and oxygen atoms in total. The first-order valence-corrected chi connectivity index (χ1v) is 7.69. The zero-order valence-electron chi connectivity index (χ0n) is 12.9. The van der Waals surface area contributed by atoms with E-state index in [0.717, 1.165) is 5.56 Å². The number of aromatic nitrogens is 4. The molecule has 1 aliphatic rings. The van der Waals surface area contributed by atoms with Crippen molar-refractivity contribution in [3.05, 3.63) is 40.7 Å². The molecule has 1 aromatic heterocycles. The topological polar surface area (TPSA) is 81.0 Å². The van der Waals surface area contributed by atoms with Crippen molar-refractivity contribution < 1.29 is 9.59 Å². The summed E-state index contributed by atoms with van der Waals surface area (Å²) in [6.07, 6.45) is 0.120. The quantitative estimate of drug-likeness (QED) is 0.793. The lowest BCUT2D eigenvalue weighted by Crippen LogP contribution is -2.36. The van der Waals surface area contributed by atoms with Crippen LogP contribution in [-0.2, 0) is 28.1 Å². The lowest BCUT2D eigenvalue weighted by atomic mass is 9.81. The van der Waals surface area contributed by atoms with E-state index < -0.39 is 5.41 Å².